The van der Waals surface area contributed by atoms with Crippen LogP contribution in [0.25, 0.3) is 0 Å². The van der Waals surface area contributed by atoms with E-state index in [9.17, 15) is 9.59 Å². The van der Waals surface area contributed by atoms with Crippen LogP contribution in [0.5, 0.6) is 5.75 Å². The quantitative estimate of drug-likeness (QED) is 0.407. The molecule has 1 N–H and O–H groups in total. The first-order valence-electron chi connectivity index (χ1n) is 8.52. The number of thioether (sulfide) groups is 1. The van der Waals surface area contributed by atoms with Gasteiger partial charge in [0.1, 0.15) is 5.75 Å². The number of carbonyl (C=O) groups is 2. The number of halogens is 1. The van der Waals surface area contributed by atoms with Crippen LogP contribution >= 0.6 is 23.4 Å². The van der Waals surface area contributed by atoms with Crippen molar-refractivity contribution in [3.63, 3.8) is 0 Å². The second kappa shape index (κ2) is 9.44. The Hall–Kier alpha value is -2.76. The zero-order valence-electron chi connectivity index (χ0n) is 15.1. The van der Waals surface area contributed by atoms with Gasteiger partial charge in [-0.3, -0.25) is 9.59 Å². The molecule has 0 spiro atoms. The number of carbonyl (C=O) groups excluding carboxylic acids is 2. The molecule has 1 amide bonds. The number of rotatable bonds is 7. The number of methoxy groups -OCH3 is 1. The molecule has 0 saturated carbocycles. The van der Waals surface area contributed by atoms with E-state index in [2.05, 4.69) is 5.32 Å². The SMILES string of the molecule is COc1cccc(C(=O)CSc2ccc(NC(=O)c3cccc(Cl)c3)cc2)c1. The van der Waals surface area contributed by atoms with Crippen LogP contribution in [0.3, 0.4) is 0 Å². The Labute approximate surface area is 172 Å². The van der Waals surface area contributed by atoms with Crippen molar-refractivity contribution in [1.29, 1.82) is 0 Å². The predicted octanol–water partition coefficient (Wildman–Crippen LogP) is 5.58. The lowest BCUT2D eigenvalue weighted by Crippen LogP contribution is -2.11. The van der Waals surface area contributed by atoms with Crippen molar-refractivity contribution in [2.45, 2.75) is 4.90 Å². The molecule has 28 heavy (non-hydrogen) atoms. The fourth-order valence-corrected chi connectivity index (χ4v) is 3.48. The van der Waals surface area contributed by atoms with E-state index >= 15 is 0 Å². The molecule has 0 aromatic heterocycles. The number of benzene rings is 3. The Kier molecular flexibility index (Phi) is 6.74. The van der Waals surface area contributed by atoms with Crippen molar-refractivity contribution in [2.24, 2.45) is 0 Å². The highest BCUT2D eigenvalue weighted by Gasteiger charge is 2.09. The zero-order valence-corrected chi connectivity index (χ0v) is 16.7. The van der Waals surface area contributed by atoms with Crippen molar-refractivity contribution >= 4 is 40.7 Å². The van der Waals surface area contributed by atoms with Crippen molar-refractivity contribution in [3.05, 3.63) is 88.9 Å². The van der Waals surface area contributed by atoms with Crippen molar-refractivity contribution in [2.75, 3.05) is 18.2 Å². The maximum absolute atomic E-state index is 12.3. The highest BCUT2D eigenvalue weighted by Crippen LogP contribution is 2.23. The third-order valence-electron chi connectivity index (χ3n) is 3.96. The van der Waals surface area contributed by atoms with E-state index in [1.54, 1.807) is 67.8 Å². The highest BCUT2D eigenvalue weighted by molar-refractivity contribution is 8.00. The molecule has 0 saturated heterocycles. The van der Waals surface area contributed by atoms with E-state index in [-0.39, 0.29) is 11.7 Å². The Bertz CT molecular complexity index is 989. The van der Waals surface area contributed by atoms with E-state index in [1.807, 2.05) is 12.1 Å². The Balaban J connectivity index is 1.57. The number of nitrogens with one attached hydrogen (secondary N) is 1. The van der Waals surface area contributed by atoms with Gasteiger partial charge in [-0.2, -0.15) is 0 Å². The van der Waals surface area contributed by atoms with Crippen molar-refractivity contribution in [3.8, 4) is 5.75 Å². The van der Waals surface area contributed by atoms with Crippen LogP contribution in [0, 0.1) is 0 Å². The van der Waals surface area contributed by atoms with Gasteiger partial charge in [0.2, 0.25) is 0 Å². The first-order valence-corrected chi connectivity index (χ1v) is 9.88. The standard InChI is InChI=1S/C22H18ClNO3S/c1-27-19-7-3-4-15(13-19)21(25)14-28-20-10-8-18(9-11-20)24-22(26)16-5-2-6-17(23)12-16/h2-13H,14H2,1H3,(H,24,26). The monoisotopic (exact) mass is 411 g/mol. The molecule has 3 aromatic carbocycles. The van der Waals surface area contributed by atoms with Crippen molar-refractivity contribution in [1.82, 2.24) is 0 Å². The maximum Gasteiger partial charge on any atom is 0.255 e. The number of Topliss-reactive ketones (excluding diaryl/α,β-unsaturated/α-hetero) is 1. The summed E-state index contributed by atoms with van der Waals surface area (Å²) in [5, 5.41) is 3.34. The van der Waals surface area contributed by atoms with Gasteiger partial charge in [-0.1, -0.05) is 29.8 Å². The summed E-state index contributed by atoms with van der Waals surface area (Å²) in [6, 6.07) is 21.2. The summed E-state index contributed by atoms with van der Waals surface area (Å²) in [4.78, 5) is 25.5. The molecule has 0 heterocycles. The summed E-state index contributed by atoms with van der Waals surface area (Å²) < 4.78 is 5.15. The number of anilines is 1. The molecule has 3 aromatic rings. The van der Waals surface area contributed by atoms with E-state index in [0.717, 1.165) is 4.90 Å². The summed E-state index contributed by atoms with van der Waals surface area (Å²) in [7, 11) is 1.57. The molecule has 6 heteroatoms. The maximum atomic E-state index is 12.3. The van der Waals surface area contributed by atoms with Gasteiger partial charge in [-0.05, 0) is 54.6 Å². The lowest BCUT2D eigenvalue weighted by molar-refractivity contribution is 0.101. The van der Waals surface area contributed by atoms with Gasteiger partial charge in [0.25, 0.3) is 5.91 Å². The summed E-state index contributed by atoms with van der Waals surface area (Å²) in [6.07, 6.45) is 0. The largest absolute Gasteiger partial charge is 0.497 e. The molecule has 4 nitrogen and oxygen atoms in total. The van der Waals surface area contributed by atoms with Crippen molar-refractivity contribution < 1.29 is 14.3 Å². The summed E-state index contributed by atoms with van der Waals surface area (Å²) in [5.74, 6) is 0.787. The number of hydrogen-bond acceptors (Lipinski definition) is 4. The molecule has 0 radical (unpaired) electrons. The molecule has 0 bridgehead atoms. The van der Waals surface area contributed by atoms with Crippen LogP contribution in [-0.2, 0) is 0 Å². The van der Waals surface area contributed by atoms with E-state index in [1.165, 1.54) is 11.8 Å². The average Bonchev–Trinajstić information content (AvgIpc) is 2.73. The lowest BCUT2D eigenvalue weighted by atomic mass is 10.1. The second-order valence-corrected chi connectivity index (χ2v) is 7.42. The van der Waals surface area contributed by atoms with Gasteiger partial charge >= 0.3 is 0 Å². The minimum atomic E-state index is -0.226. The molecule has 0 fully saturated rings. The summed E-state index contributed by atoms with van der Waals surface area (Å²) >= 11 is 7.36. The van der Waals surface area contributed by atoms with Gasteiger partial charge in [-0.15, -0.1) is 11.8 Å². The third kappa shape index (κ3) is 5.38. The smallest absolute Gasteiger partial charge is 0.255 e. The first kappa shape index (κ1) is 20.0. The summed E-state index contributed by atoms with van der Waals surface area (Å²) in [6.45, 7) is 0. The van der Waals surface area contributed by atoms with Gasteiger partial charge in [0.15, 0.2) is 5.78 Å². The molecular weight excluding hydrogens is 394 g/mol. The lowest BCUT2D eigenvalue weighted by Gasteiger charge is -2.07. The first-order chi connectivity index (χ1) is 13.5. The highest BCUT2D eigenvalue weighted by atomic mass is 35.5. The summed E-state index contributed by atoms with van der Waals surface area (Å²) in [5.41, 5.74) is 1.79. The van der Waals surface area contributed by atoms with Crippen LogP contribution in [0.1, 0.15) is 20.7 Å². The minimum Gasteiger partial charge on any atom is -0.497 e. The van der Waals surface area contributed by atoms with E-state index in [0.29, 0.717) is 33.3 Å². The minimum absolute atomic E-state index is 0.0298. The van der Waals surface area contributed by atoms with Gasteiger partial charge in [0, 0.05) is 26.7 Å². The van der Waals surface area contributed by atoms with Crippen LogP contribution in [0.4, 0.5) is 5.69 Å². The van der Waals surface area contributed by atoms with Gasteiger partial charge in [-0.25, -0.2) is 0 Å². The van der Waals surface area contributed by atoms with E-state index in [4.69, 9.17) is 16.3 Å². The molecular formula is C22H18ClNO3S. The molecule has 0 aliphatic heterocycles. The number of hydrogen-bond donors (Lipinski definition) is 1. The topological polar surface area (TPSA) is 55.4 Å². The Morgan fingerprint density at radius 3 is 2.39 bits per heavy atom. The number of ketones is 1. The molecule has 142 valence electrons. The van der Waals surface area contributed by atoms with E-state index < -0.39 is 0 Å². The molecule has 0 atom stereocenters. The molecule has 3 rings (SSSR count). The van der Waals surface area contributed by atoms with Crippen LogP contribution < -0.4 is 10.1 Å². The Morgan fingerprint density at radius 2 is 1.68 bits per heavy atom. The zero-order chi connectivity index (χ0) is 19.9. The number of amides is 1. The fraction of sp³-hybridized carbons (Fsp3) is 0.0909. The average molecular weight is 412 g/mol. The van der Waals surface area contributed by atoms with Crippen LogP contribution in [0.2, 0.25) is 5.02 Å². The van der Waals surface area contributed by atoms with Crippen LogP contribution in [0.15, 0.2) is 77.7 Å². The molecule has 0 aliphatic rings. The fourth-order valence-electron chi connectivity index (χ4n) is 2.50. The third-order valence-corrected chi connectivity index (χ3v) is 5.21. The predicted molar refractivity (Wildman–Crippen MR) is 114 cm³/mol. The van der Waals surface area contributed by atoms with Gasteiger partial charge < -0.3 is 10.1 Å². The van der Waals surface area contributed by atoms with Crippen LogP contribution in [-0.4, -0.2) is 24.6 Å². The molecule has 0 unspecified atom stereocenters. The Morgan fingerprint density at radius 1 is 0.964 bits per heavy atom. The number of ether oxygens (including phenoxy) is 1. The second-order valence-electron chi connectivity index (χ2n) is 5.93. The van der Waals surface area contributed by atoms with Gasteiger partial charge in [0.05, 0.1) is 12.9 Å². The molecule has 0 aliphatic carbocycles. The normalized spacial score (nSPS) is 10.4.